The molecule has 17 heavy (non-hydrogen) atoms. The average molecular weight is 251 g/mol. The summed E-state index contributed by atoms with van der Waals surface area (Å²) in [6.45, 7) is 0. The first kappa shape index (κ1) is 13.4. The summed E-state index contributed by atoms with van der Waals surface area (Å²) in [6, 6.07) is 0.243. The van der Waals surface area contributed by atoms with Crippen LogP contribution in [0, 0.1) is 5.82 Å². The molecule has 7 heteroatoms. The molecule has 3 N–H and O–H groups in total. The van der Waals surface area contributed by atoms with Crippen LogP contribution in [0.1, 0.15) is 17.2 Å². The van der Waals surface area contributed by atoms with Gasteiger partial charge in [-0.05, 0) is 11.6 Å². The lowest BCUT2D eigenvalue weighted by atomic mass is 10.0. The van der Waals surface area contributed by atoms with Crippen molar-refractivity contribution in [3.63, 3.8) is 0 Å². The molecule has 1 aromatic carbocycles. The number of carboxylic acid groups (broad SMARTS) is 1. The first-order valence-corrected chi connectivity index (χ1v) is 4.54. The van der Waals surface area contributed by atoms with Crippen LogP contribution in [-0.4, -0.2) is 17.3 Å². The Morgan fingerprint density at radius 3 is 2.47 bits per heavy atom. The first-order chi connectivity index (χ1) is 7.71. The fourth-order valence-corrected chi connectivity index (χ4v) is 1.29. The normalized spacial score (nSPS) is 13.5. The Balaban J connectivity index is 3.10. The summed E-state index contributed by atoms with van der Waals surface area (Å²) >= 11 is 0. The van der Waals surface area contributed by atoms with Crippen molar-refractivity contribution in [1.82, 2.24) is 0 Å². The number of nitrogens with two attached hydrogens (primary N) is 1. The van der Waals surface area contributed by atoms with E-state index in [9.17, 15) is 22.4 Å². The quantitative estimate of drug-likeness (QED) is 0.808. The Kier molecular flexibility index (Phi) is 3.72. The molecule has 0 spiro atoms. The summed E-state index contributed by atoms with van der Waals surface area (Å²) in [5.41, 5.74) is 4.17. The Hall–Kier alpha value is -1.63. The third kappa shape index (κ3) is 3.42. The number of carboxylic acids is 1. The zero-order valence-electron chi connectivity index (χ0n) is 8.46. The van der Waals surface area contributed by atoms with Crippen LogP contribution < -0.4 is 5.73 Å². The molecule has 0 radical (unpaired) electrons. The van der Waals surface area contributed by atoms with Gasteiger partial charge in [-0.2, -0.15) is 13.2 Å². The van der Waals surface area contributed by atoms with Crippen molar-refractivity contribution in [2.45, 2.75) is 18.6 Å². The summed E-state index contributed by atoms with van der Waals surface area (Å²) < 4.78 is 50.1. The van der Waals surface area contributed by atoms with Crippen molar-refractivity contribution in [2.24, 2.45) is 5.73 Å². The Morgan fingerprint density at radius 1 is 1.41 bits per heavy atom. The molecule has 0 aliphatic carbocycles. The van der Waals surface area contributed by atoms with Crippen LogP contribution in [0.5, 0.6) is 0 Å². The van der Waals surface area contributed by atoms with Gasteiger partial charge in [0.1, 0.15) is 11.9 Å². The lowest BCUT2D eigenvalue weighted by Crippen LogP contribution is -2.29. The van der Waals surface area contributed by atoms with E-state index >= 15 is 0 Å². The van der Waals surface area contributed by atoms with Crippen molar-refractivity contribution < 1.29 is 27.5 Å². The summed E-state index contributed by atoms with van der Waals surface area (Å²) in [6.07, 6.45) is -5.26. The van der Waals surface area contributed by atoms with Crippen LogP contribution in [0.2, 0.25) is 0 Å². The number of aliphatic carboxylic acids is 1. The van der Waals surface area contributed by atoms with Crippen LogP contribution >= 0.6 is 0 Å². The minimum Gasteiger partial charge on any atom is -0.481 e. The van der Waals surface area contributed by atoms with E-state index < -0.39 is 36.0 Å². The average Bonchev–Trinajstić information content (AvgIpc) is 2.18. The molecule has 0 bridgehead atoms. The van der Waals surface area contributed by atoms with Crippen LogP contribution in [0.15, 0.2) is 18.2 Å². The molecule has 0 saturated carbocycles. The van der Waals surface area contributed by atoms with Gasteiger partial charge in [0, 0.05) is 5.56 Å². The number of rotatable bonds is 3. The maximum Gasteiger partial charge on any atom is 0.407 e. The minimum atomic E-state index is -4.78. The second-order valence-electron chi connectivity index (χ2n) is 3.45. The molecule has 0 aromatic heterocycles. The van der Waals surface area contributed by atoms with E-state index in [2.05, 4.69) is 0 Å². The van der Waals surface area contributed by atoms with E-state index in [1.807, 2.05) is 0 Å². The number of alkyl halides is 3. The van der Waals surface area contributed by atoms with Crippen LogP contribution in [-0.2, 0) is 11.2 Å². The van der Waals surface area contributed by atoms with Crippen molar-refractivity contribution >= 4 is 5.97 Å². The highest BCUT2D eigenvalue weighted by Crippen LogP contribution is 2.32. The van der Waals surface area contributed by atoms with E-state index in [-0.39, 0.29) is 5.56 Å². The smallest absolute Gasteiger partial charge is 0.407 e. The van der Waals surface area contributed by atoms with E-state index in [4.69, 9.17) is 10.8 Å². The maximum atomic E-state index is 13.2. The van der Waals surface area contributed by atoms with Gasteiger partial charge in [0.25, 0.3) is 0 Å². The second kappa shape index (κ2) is 4.70. The van der Waals surface area contributed by atoms with Gasteiger partial charge in [-0.25, -0.2) is 4.39 Å². The maximum absolute atomic E-state index is 13.2. The summed E-state index contributed by atoms with van der Waals surface area (Å²) in [4.78, 5) is 10.4. The highest BCUT2D eigenvalue weighted by atomic mass is 19.4. The van der Waals surface area contributed by atoms with Crippen LogP contribution in [0.25, 0.3) is 0 Å². The molecule has 3 nitrogen and oxygen atoms in total. The summed E-state index contributed by atoms with van der Waals surface area (Å²) in [5.74, 6) is -2.33. The SMILES string of the molecule is N[C@H](c1cc(CC(=O)O)ccc1F)C(F)(F)F. The minimum absolute atomic E-state index is 0.0635. The summed E-state index contributed by atoms with van der Waals surface area (Å²) in [5, 5.41) is 8.48. The molecule has 1 aromatic rings. The molecule has 0 aliphatic heterocycles. The molecule has 0 unspecified atom stereocenters. The molecular formula is C10H9F4NO2. The molecule has 0 aliphatic rings. The highest BCUT2D eigenvalue weighted by molar-refractivity contribution is 5.70. The predicted molar refractivity (Wildman–Crippen MR) is 50.7 cm³/mol. The Labute approximate surface area is 93.8 Å². The molecule has 0 amide bonds. The molecule has 1 rings (SSSR count). The molecular weight excluding hydrogens is 242 g/mol. The summed E-state index contributed by atoms with van der Waals surface area (Å²) in [7, 11) is 0. The van der Waals surface area contributed by atoms with Crippen LogP contribution in [0.4, 0.5) is 17.6 Å². The van der Waals surface area contributed by atoms with E-state index in [0.717, 1.165) is 18.2 Å². The molecule has 0 saturated heterocycles. The lowest BCUT2D eigenvalue weighted by Gasteiger charge is -2.17. The largest absolute Gasteiger partial charge is 0.481 e. The van der Waals surface area contributed by atoms with Gasteiger partial charge in [-0.3, -0.25) is 4.79 Å². The standard InChI is InChI=1S/C10H9F4NO2/c11-7-2-1-5(4-8(16)17)3-6(7)9(15)10(12,13)14/h1-3,9H,4,15H2,(H,16,17)/t9-/m1/s1. The van der Waals surface area contributed by atoms with Crippen LogP contribution in [0.3, 0.4) is 0 Å². The fraction of sp³-hybridized carbons (Fsp3) is 0.300. The Bertz CT molecular complexity index is 431. The number of halogens is 4. The zero-order valence-corrected chi connectivity index (χ0v) is 8.46. The van der Waals surface area contributed by atoms with Gasteiger partial charge in [0.15, 0.2) is 0 Å². The third-order valence-corrected chi connectivity index (χ3v) is 2.10. The number of hydrogen-bond donors (Lipinski definition) is 2. The third-order valence-electron chi connectivity index (χ3n) is 2.10. The topological polar surface area (TPSA) is 63.3 Å². The van der Waals surface area contributed by atoms with Gasteiger partial charge in [-0.15, -0.1) is 0 Å². The number of benzene rings is 1. The van der Waals surface area contributed by atoms with Gasteiger partial charge < -0.3 is 10.8 Å². The van der Waals surface area contributed by atoms with Crippen molar-refractivity contribution in [1.29, 1.82) is 0 Å². The van der Waals surface area contributed by atoms with Gasteiger partial charge in [0.05, 0.1) is 6.42 Å². The Morgan fingerprint density at radius 2 is 2.00 bits per heavy atom. The second-order valence-corrected chi connectivity index (χ2v) is 3.45. The fourth-order valence-electron chi connectivity index (χ4n) is 1.29. The van der Waals surface area contributed by atoms with Gasteiger partial charge in [-0.1, -0.05) is 12.1 Å². The molecule has 94 valence electrons. The molecule has 1 atom stereocenters. The molecule has 0 heterocycles. The molecule has 0 fully saturated rings. The van der Waals surface area contributed by atoms with E-state index in [1.165, 1.54) is 0 Å². The zero-order chi connectivity index (χ0) is 13.2. The van der Waals surface area contributed by atoms with Crippen molar-refractivity contribution in [3.8, 4) is 0 Å². The number of carbonyl (C=O) groups is 1. The first-order valence-electron chi connectivity index (χ1n) is 4.54. The van der Waals surface area contributed by atoms with Crippen molar-refractivity contribution in [2.75, 3.05) is 0 Å². The van der Waals surface area contributed by atoms with Gasteiger partial charge >= 0.3 is 12.1 Å². The highest BCUT2D eigenvalue weighted by Gasteiger charge is 2.39. The number of hydrogen-bond acceptors (Lipinski definition) is 2. The lowest BCUT2D eigenvalue weighted by molar-refractivity contribution is -0.149. The van der Waals surface area contributed by atoms with Crippen molar-refractivity contribution in [3.05, 3.63) is 35.1 Å². The monoisotopic (exact) mass is 251 g/mol. The predicted octanol–water partition coefficient (Wildman–Crippen LogP) is 2.01. The van der Waals surface area contributed by atoms with E-state index in [1.54, 1.807) is 0 Å². The van der Waals surface area contributed by atoms with Gasteiger partial charge in [0.2, 0.25) is 0 Å². The van der Waals surface area contributed by atoms with E-state index in [0.29, 0.717) is 0 Å².